The van der Waals surface area contributed by atoms with Crippen molar-refractivity contribution in [3.05, 3.63) is 23.8 Å². The number of rotatable bonds is 10. The van der Waals surface area contributed by atoms with E-state index in [1.54, 1.807) is 20.3 Å². The van der Waals surface area contributed by atoms with Crippen molar-refractivity contribution < 1.29 is 19.7 Å². The summed E-state index contributed by atoms with van der Waals surface area (Å²) in [5.74, 6) is -0.0109. The Kier molecular flexibility index (Phi) is 8.07. The van der Waals surface area contributed by atoms with Crippen LogP contribution in [0.1, 0.15) is 44.1 Å². The fourth-order valence-electron chi connectivity index (χ4n) is 2.27. The number of hydrogen-bond acceptors (Lipinski definition) is 4. The maximum atomic E-state index is 9.68. The average molecular weight is 282 g/mol. The van der Waals surface area contributed by atoms with Gasteiger partial charge in [-0.05, 0) is 37.3 Å². The lowest BCUT2D eigenvalue weighted by atomic mass is 10.0. The lowest BCUT2D eigenvalue weighted by Crippen LogP contribution is -2.12. The van der Waals surface area contributed by atoms with Crippen molar-refractivity contribution in [2.75, 3.05) is 14.2 Å². The average Bonchev–Trinajstić information content (AvgIpc) is 2.46. The van der Waals surface area contributed by atoms with E-state index in [1.165, 1.54) is 12.5 Å². The van der Waals surface area contributed by atoms with E-state index in [0.717, 1.165) is 44.1 Å². The number of benzene rings is 1. The molecule has 0 spiro atoms. The maximum absolute atomic E-state index is 9.68. The zero-order valence-electron chi connectivity index (χ0n) is 12.5. The first-order valence-corrected chi connectivity index (χ1v) is 7.24. The predicted molar refractivity (Wildman–Crippen MR) is 79.0 cm³/mol. The predicted octanol–water partition coefficient (Wildman–Crippen LogP) is 3.60. The highest BCUT2D eigenvalue weighted by atomic mass is 16.7. The molecule has 0 fully saturated rings. The highest BCUT2D eigenvalue weighted by molar-refractivity contribution is 5.44. The van der Waals surface area contributed by atoms with Gasteiger partial charge in [0.1, 0.15) is 0 Å². The Balaban J connectivity index is 2.09. The molecular weight excluding hydrogens is 256 g/mol. The Morgan fingerprint density at radius 1 is 0.950 bits per heavy atom. The number of phenols is 2. The quantitative estimate of drug-likeness (QED) is 0.391. The number of methoxy groups -OCH3 is 2. The third kappa shape index (κ3) is 5.80. The van der Waals surface area contributed by atoms with Gasteiger partial charge >= 0.3 is 0 Å². The third-order valence-corrected chi connectivity index (χ3v) is 3.51. The zero-order chi connectivity index (χ0) is 14.8. The second-order valence-corrected chi connectivity index (χ2v) is 4.99. The minimum atomic E-state index is -0.0840. The molecule has 0 saturated carbocycles. The van der Waals surface area contributed by atoms with Crippen LogP contribution in [-0.2, 0) is 15.9 Å². The van der Waals surface area contributed by atoms with Gasteiger partial charge in [0.2, 0.25) is 0 Å². The van der Waals surface area contributed by atoms with E-state index in [-0.39, 0.29) is 17.8 Å². The largest absolute Gasteiger partial charge is 0.504 e. The van der Waals surface area contributed by atoms with Crippen molar-refractivity contribution in [1.82, 2.24) is 0 Å². The van der Waals surface area contributed by atoms with Crippen molar-refractivity contribution in [3.8, 4) is 11.5 Å². The summed E-state index contributed by atoms with van der Waals surface area (Å²) >= 11 is 0. The summed E-state index contributed by atoms with van der Waals surface area (Å²) in [6.07, 6.45) is 7.23. The Labute approximate surface area is 121 Å². The van der Waals surface area contributed by atoms with Gasteiger partial charge in [0.25, 0.3) is 0 Å². The fraction of sp³-hybridized carbons (Fsp3) is 0.625. The van der Waals surface area contributed by atoms with E-state index in [0.29, 0.717) is 0 Å². The lowest BCUT2D eigenvalue weighted by Gasteiger charge is -2.12. The zero-order valence-corrected chi connectivity index (χ0v) is 12.5. The molecule has 0 amide bonds. The summed E-state index contributed by atoms with van der Waals surface area (Å²) in [6, 6.07) is 5.12. The van der Waals surface area contributed by atoms with Crippen LogP contribution in [0.4, 0.5) is 0 Å². The molecule has 0 aromatic heterocycles. The summed E-state index contributed by atoms with van der Waals surface area (Å²) in [5.41, 5.74) is 0.823. The molecule has 0 radical (unpaired) electrons. The summed E-state index contributed by atoms with van der Waals surface area (Å²) < 4.78 is 10.3. The Bertz CT molecular complexity index is 375. The molecule has 0 aliphatic rings. The molecule has 114 valence electrons. The molecule has 0 unspecified atom stereocenters. The maximum Gasteiger partial charge on any atom is 0.160 e. The van der Waals surface area contributed by atoms with Crippen LogP contribution in [0.3, 0.4) is 0 Å². The highest BCUT2D eigenvalue weighted by Crippen LogP contribution is 2.29. The number of hydrogen-bond donors (Lipinski definition) is 2. The first-order valence-electron chi connectivity index (χ1n) is 7.24. The van der Waals surface area contributed by atoms with Crippen LogP contribution >= 0.6 is 0 Å². The van der Waals surface area contributed by atoms with E-state index in [1.807, 2.05) is 6.07 Å². The van der Waals surface area contributed by atoms with E-state index in [4.69, 9.17) is 9.47 Å². The molecule has 2 N–H and O–H groups in total. The smallest absolute Gasteiger partial charge is 0.160 e. The molecular formula is C16H26O4. The van der Waals surface area contributed by atoms with E-state index >= 15 is 0 Å². The number of phenolic OH excluding ortho intramolecular Hbond substituents is 2. The molecule has 1 rings (SSSR count). The molecule has 0 aliphatic heterocycles. The minimum Gasteiger partial charge on any atom is -0.504 e. The summed E-state index contributed by atoms with van der Waals surface area (Å²) in [6.45, 7) is 0. The van der Waals surface area contributed by atoms with Gasteiger partial charge in [0.05, 0.1) is 0 Å². The summed E-state index contributed by atoms with van der Waals surface area (Å²) in [7, 11) is 3.33. The topological polar surface area (TPSA) is 58.9 Å². The molecule has 4 nitrogen and oxygen atoms in total. The van der Waals surface area contributed by atoms with E-state index in [2.05, 4.69) is 0 Å². The SMILES string of the molecule is COC(CCCCCCCc1cccc(O)c1O)OC. The molecule has 4 heteroatoms. The third-order valence-electron chi connectivity index (χ3n) is 3.51. The first kappa shape index (κ1) is 16.8. The van der Waals surface area contributed by atoms with Crippen LogP contribution in [0.5, 0.6) is 11.5 Å². The van der Waals surface area contributed by atoms with Crippen molar-refractivity contribution in [2.24, 2.45) is 0 Å². The molecule has 0 atom stereocenters. The number of aryl methyl sites for hydroxylation is 1. The van der Waals surface area contributed by atoms with Crippen molar-refractivity contribution in [1.29, 1.82) is 0 Å². The minimum absolute atomic E-state index is 0.0236. The Morgan fingerprint density at radius 3 is 2.30 bits per heavy atom. The van der Waals surface area contributed by atoms with E-state index in [9.17, 15) is 10.2 Å². The normalized spacial score (nSPS) is 11.2. The van der Waals surface area contributed by atoms with Gasteiger partial charge in [-0.25, -0.2) is 0 Å². The number of unbranched alkanes of at least 4 members (excludes halogenated alkanes) is 4. The molecule has 0 aliphatic carbocycles. The molecule has 1 aromatic carbocycles. The fourth-order valence-corrected chi connectivity index (χ4v) is 2.27. The van der Waals surface area contributed by atoms with Gasteiger partial charge in [-0.1, -0.05) is 31.4 Å². The second kappa shape index (κ2) is 9.61. The highest BCUT2D eigenvalue weighted by Gasteiger charge is 2.06. The Morgan fingerprint density at radius 2 is 1.60 bits per heavy atom. The van der Waals surface area contributed by atoms with Crippen LogP contribution in [0, 0.1) is 0 Å². The van der Waals surface area contributed by atoms with Gasteiger partial charge in [-0.2, -0.15) is 0 Å². The standard InChI is InChI=1S/C16H26O4/c1-19-15(20-2)12-7-5-3-4-6-9-13-10-8-11-14(17)16(13)18/h8,10-11,15,17-18H,3-7,9,12H2,1-2H3. The molecule has 0 saturated heterocycles. The van der Waals surface area contributed by atoms with Crippen LogP contribution in [-0.4, -0.2) is 30.7 Å². The van der Waals surface area contributed by atoms with Crippen molar-refractivity contribution in [3.63, 3.8) is 0 Å². The van der Waals surface area contributed by atoms with Gasteiger partial charge in [-0.3, -0.25) is 0 Å². The molecule has 1 aromatic rings. The summed E-state index contributed by atoms with van der Waals surface area (Å²) in [5, 5.41) is 19.1. The Hall–Kier alpha value is -1.26. The molecule has 0 bridgehead atoms. The van der Waals surface area contributed by atoms with Crippen LogP contribution in [0.2, 0.25) is 0 Å². The number of para-hydroxylation sites is 1. The van der Waals surface area contributed by atoms with Crippen LogP contribution in [0.25, 0.3) is 0 Å². The summed E-state index contributed by atoms with van der Waals surface area (Å²) in [4.78, 5) is 0. The van der Waals surface area contributed by atoms with Crippen molar-refractivity contribution in [2.45, 2.75) is 51.2 Å². The molecule has 20 heavy (non-hydrogen) atoms. The van der Waals surface area contributed by atoms with Gasteiger partial charge in [0.15, 0.2) is 17.8 Å². The van der Waals surface area contributed by atoms with Crippen LogP contribution in [0.15, 0.2) is 18.2 Å². The van der Waals surface area contributed by atoms with Gasteiger partial charge in [0, 0.05) is 14.2 Å². The van der Waals surface area contributed by atoms with E-state index < -0.39 is 0 Å². The van der Waals surface area contributed by atoms with Crippen molar-refractivity contribution >= 4 is 0 Å². The first-order chi connectivity index (χ1) is 9.69. The lowest BCUT2D eigenvalue weighted by molar-refractivity contribution is -0.107. The molecule has 0 heterocycles. The second-order valence-electron chi connectivity index (χ2n) is 4.99. The number of aromatic hydroxyl groups is 2. The van der Waals surface area contributed by atoms with Gasteiger partial charge < -0.3 is 19.7 Å². The van der Waals surface area contributed by atoms with Gasteiger partial charge in [-0.15, -0.1) is 0 Å². The van der Waals surface area contributed by atoms with Crippen LogP contribution < -0.4 is 0 Å². The number of ether oxygens (including phenoxy) is 2. The monoisotopic (exact) mass is 282 g/mol.